The zero-order valence-corrected chi connectivity index (χ0v) is 21.6. The Morgan fingerprint density at radius 2 is 1.00 bits per heavy atom. The van der Waals surface area contributed by atoms with E-state index in [1.54, 1.807) is 24.3 Å². The molecule has 0 unspecified atom stereocenters. The summed E-state index contributed by atoms with van der Waals surface area (Å²) in [7, 11) is 0. The molecule has 2 saturated heterocycles. The van der Waals surface area contributed by atoms with Gasteiger partial charge < -0.3 is 37.9 Å². The van der Waals surface area contributed by atoms with E-state index in [1.165, 1.54) is 0 Å². The molecule has 0 atom stereocenters. The molecule has 4 rings (SSSR count). The SMILES string of the molecule is O=C(OCCOCCOCC1COC1)c1ccc2ccc(C(=O)OCCOCCOCC3COC3)cc2c1. The Kier molecular flexibility index (Phi) is 11.8. The fourth-order valence-corrected chi connectivity index (χ4v) is 3.76. The number of esters is 2. The summed E-state index contributed by atoms with van der Waals surface area (Å²) in [6.45, 7) is 7.17. The minimum absolute atomic E-state index is 0.142. The van der Waals surface area contributed by atoms with Gasteiger partial charge in [-0.25, -0.2) is 9.59 Å². The van der Waals surface area contributed by atoms with Crippen molar-refractivity contribution in [3.05, 3.63) is 47.5 Å². The molecule has 0 aromatic heterocycles. The van der Waals surface area contributed by atoms with Crippen molar-refractivity contribution in [2.24, 2.45) is 11.8 Å². The Labute approximate surface area is 222 Å². The van der Waals surface area contributed by atoms with Crippen molar-refractivity contribution in [1.82, 2.24) is 0 Å². The topological polar surface area (TPSA) is 108 Å². The highest BCUT2D eigenvalue weighted by Gasteiger charge is 2.18. The van der Waals surface area contributed by atoms with E-state index in [4.69, 9.17) is 37.9 Å². The van der Waals surface area contributed by atoms with Crippen LogP contribution >= 0.6 is 0 Å². The van der Waals surface area contributed by atoms with Crippen LogP contribution in [0.3, 0.4) is 0 Å². The van der Waals surface area contributed by atoms with Gasteiger partial charge in [0.15, 0.2) is 0 Å². The van der Waals surface area contributed by atoms with Gasteiger partial charge in [0.2, 0.25) is 0 Å². The van der Waals surface area contributed by atoms with Crippen LogP contribution in [0.4, 0.5) is 0 Å². The lowest BCUT2D eigenvalue weighted by atomic mass is 10.0. The quantitative estimate of drug-likeness (QED) is 0.210. The second-order valence-corrected chi connectivity index (χ2v) is 9.23. The molecule has 2 aromatic rings. The van der Waals surface area contributed by atoms with Crippen LogP contribution < -0.4 is 0 Å². The lowest BCUT2D eigenvalue weighted by Crippen LogP contribution is -2.32. The van der Waals surface area contributed by atoms with E-state index in [0.29, 0.717) is 62.6 Å². The fourth-order valence-electron chi connectivity index (χ4n) is 3.76. The second kappa shape index (κ2) is 15.7. The maximum Gasteiger partial charge on any atom is 0.338 e. The third-order valence-corrected chi connectivity index (χ3v) is 6.10. The highest BCUT2D eigenvalue weighted by molar-refractivity contribution is 5.99. The zero-order chi connectivity index (χ0) is 26.4. The van der Waals surface area contributed by atoms with Gasteiger partial charge >= 0.3 is 11.9 Å². The van der Waals surface area contributed by atoms with E-state index in [-0.39, 0.29) is 26.4 Å². The van der Waals surface area contributed by atoms with Gasteiger partial charge in [-0.05, 0) is 35.0 Å². The summed E-state index contributed by atoms with van der Waals surface area (Å²) in [5, 5.41) is 1.64. The van der Waals surface area contributed by atoms with Gasteiger partial charge in [-0.2, -0.15) is 0 Å². The average Bonchev–Trinajstić information content (AvgIpc) is 2.88. The number of ether oxygens (including phenoxy) is 8. The summed E-state index contributed by atoms with van der Waals surface area (Å²) in [5.41, 5.74) is 0.795. The number of hydrogen-bond donors (Lipinski definition) is 0. The summed E-state index contributed by atoms with van der Waals surface area (Å²) in [5.74, 6) is 0.0825. The molecule has 2 fully saturated rings. The molecule has 0 amide bonds. The molecular weight excluding hydrogens is 496 g/mol. The Balaban J connectivity index is 1.10. The van der Waals surface area contributed by atoms with Crippen molar-refractivity contribution in [1.29, 1.82) is 0 Å². The van der Waals surface area contributed by atoms with Gasteiger partial charge in [-0.1, -0.05) is 12.1 Å². The number of carbonyl (C=O) groups is 2. The Morgan fingerprint density at radius 3 is 1.42 bits per heavy atom. The first-order chi connectivity index (χ1) is 18.7. The molecule has 2 aliphatic heterocycles. The van der Waals surface area contributed by atoms with Gasteiger partial charge in [-0.15, -0.1) is 0 Å². The normalized spacial score (nSPS) is 15.7. The predicted octanol–water partition coefficient (Wildman–Crippen LogP) is 2.51. The van der Waals surface area contributed by atoms with E-state index < -0.39 is 11.9 Å². The van der Waals surface area contributed by atoms with Gasteiger partial charge in [0.1, 0.15) is 13.2 Å². The van der Waals surface area contributed by atoms with E-state index in [1.807, 2.05) is 12.1 Å². The molecule has 0 bridgehead atoms. The highest BCUT2D eigenvalue weighted by Crippen LogP contribution is 2.19. The van der Waals surface area contributed by atoms with E-state index in [9.17, 15) is 9.59 Å². The van der Waals surface area contributed by atoms with Crippen molar-refractivity contribution >= 4 is 22.7 Å². The first kappa shape index (κ1) is 28.4. The van der Waals surface area contributed by atoms with Crippen molar-refractivity contribution in [2.45, 2.75) is 0 Å². The lowest BCUT2D eigenvalue weighted by molar-refractivity contribution is -0.0782. The van der Waals surface area contributed by atoms with Crippen molar-refractivity contribution in [3.63, 3.8) is 0 Å². The molecule has 10 nitrogen and oxygen atoms in total. The number of benzene rings is 2. The number of carbonyl (C=O) groups excluding carboxylic acids is 2. The van der Waals surface area contributed by atoms with Gasteiger partial charge in [0.25, 0.3) is 0 Å². The van der Waals surface area contributed by atoms with E-state index in [0.717, 1.165) is 37.2 Å². The summed E-state index contributed by atoms with van der Waals surface area (Å²) in [6.07, 6.45) is 0. The average molecular weight is 533 g/mol. The van der Waals surface area contributed by atoms with Crippen molar-refractivity contribution < 1.29 is 47.5 Å². The van der Waals surface area contributed by atoms with Gasteiger partial charge in [0, 0.05) is 11.8 Å². The third-order valence-electron chi connectivity index (χ3n) is 6.10. The minimum Gasteiger partial charge on any atom is -0.460 e. The summed E-state index contributed by atoms with van der Waals surface area (Å²) in [6, 6.07) is 10.4. The first-order valence-electron chi connectivity index (χ1n) is 13.0. The van der Waals surface area contributed by atoms with Crippen LogP contribution in [-0.4, -0.2) is 104 Å². The van der Waals surface area contributed by atoms with Crippen LogP contribution in [0.25, 0.3) is 10.8 Å². The molecule has 0 saturated carbocycles. The zero-order valence-electron chi connectivity index (χ0n) is 21.6. The van der Waals surface area contributed by atoms with Crippen LogP contribution in [-0.2, 0) is 37.9 Å². The molecule has 10 heteroatoms. The molecular formula is C28H36O10. The van der Waals surface area contributed by atoms with Gasteiger partial charge in [-0.3, -0.25) is 0 Å². The maximum atomic E-state index is 12.4. The van der Waals surface area contributed by atoms with Crippen LogP contribution in [0.5, 0.6) is 0 Å². The largest absolute Gasteiger partial charge is 0.460 e. The standard InChI is InChI=1S/C28H36O10/c29-27(37-11-9-31-5-7-33-15-21-17-35-18-21)24-3-1-23-2-4-25(14-26(23)13-24)28(30)38-12-10-32-6-8-34-16-22-19-36-20-22/h1-4,13-14,21-22H,5-12,15-20H2. The second-order valence-electron chi connectivity index (χ2n) is 9.23. The summed E-state index contributed by atoms with van der Waals surface area (Å²) >= 11 is 0. The Morgan fingerprint density at radius 1 is 0.579 bits per heavy atom. The van der Waals surface area contributed by atoms with Crippen molar-refractivity contribution in [3.8, 4) is 0 Å². The van der Waals surface area contributed by atoms with Crippen LogP contribution in [0.15, 0.2) is 36.4 Å². The molecule has 0 spiro atoms. The molecule has 2 heterocycles. The third kappa shape index (κ3) is 9.30. The van der Waals surface area contributed by atoms with Gasteiger partial charge in [0.05, 0.1) is 90.4 Å². The number of rotatable bonds is 18. The molecule has 0 N–H and O–H groups in total. The molecule has 208 valence electrons. The van der Waals surface area contributed by atoms with Crippen LogP contribution in [0.1, 0.15) is 20.7 Å². The maximum absolute atomic E-state index is 12.4. The van der Waals surface area contributed by atoms with Crippen molar-refractivity contribution in [2.75, 3.05) is 92.5 Å². The first-order valence-corrected chi connectivity index (χ1v) is 13.0. The molecule has 2 aliphatic rings. The monoisotopic (exact) mass is 532 g/mol. The molecule has 0 radical (unpaired) electrons. The van der Waals surface area contributed by atoms with Crippen LogP contribution in [0.2, 0.25) is 0 Å². The van der Waals surface area contributed by atoms with Crippen LogP contribution in [0, 0.1) is 11.8 Å². The molecule has 2 aromatic carbocycles. The molecule has 38 heavy (non-hydrogen) atoms. The number of hydrogen-bond acceptors (Lipinski definition) is 10. The Hall–Kier alpha value is -2.60. The fraction of sp³-hybridized carbons (Fsp3) is 0.571. The summed E-state index contributed by atoms with van der Waals surface area (Å²) in [4.78, 5) is 24.9. The predicted molar refractivity (Wildman–Crippen MR) is 136 cm³/mol. The van der Waals surface area contributed by atoms with E-state index >= 15 is 0 Å². The number of fused-ring (bicyclic) bond motifs is 1. The van der Waals surface area contributed by atoms with E-state index in [2.05, 4.69) is 0 Å². The lowest BCUT2D eigenvalue weighted by Gasteiger charge is -2.25. The Bertz CT molecular complexity index is 941. The summed E-state index contributed by atoms with van der Waals surface area (Å²) < 4.78 is 42.7. The molecule has 0 aliphatic carbocycles. The highest BCUT2D eigenvalue weighted by atomic mass is 16.6. The minimum atomic E-state index is -0.452. The smallest absolute Gasteiger partial charge is 0.338 e.